The largest absolute Gasteiger partial charge is 0.465 e. The van der Waals surface area contributed by atoms with Crippen LogP contribution in [0.4, 0.5) is 4.39 Å². The molecule has 4 nitrogen and oxygen atoms in total. The van der Waals surface area contributed by atoms with Gasteiger partial charge in [0.15, 0.2) is 0 Å². The minimum absolute atomic E-state index is 0.452. The first-order valence-corrected chi connectivity index (χ1v) is 6.48. The molecule has 0 atom stereocenters. The van der Waals surface area contributed by atoms with Crippen LogP contribution in [0.15, 0.2) is 17.0 Å². The summed E-state index contributed by atoms with van der Waals surface area (Å²) in [4.78, 5) is 10.6. The number of hydrogen-bond donors (Lipinski definition) is 0. The number of esters is 1. The van der Waals surface area contributed by atoms with Crippen LogP contribution in [0.25, 0.3) is 0 Å². The van der Waals surface area contributed by atoms with Gasteiger partial charge in [0, 0.05) is 10.7 Å². The molecule has 0 fully saturated rings. The monoisotopic (exact) mass is 286 g/mol. The lowest BCUT2D eigenvalue weighted by molar-refractivity contribution is 0.0596. The quantitative estimate of drug-likeness (QED) is 0.618. The molecular formula is C8H5Cl2FO4S. The average molecular weight is 287 g/mol. The number of carbonyl (C=O) groups is 1. The summed E-state index contributed by atoms with van der Waals surface area (Å²) in [6, 6.07) is 1.41. The molecule has 1 aromatic rings. The van der Waals surface area contributed by atoms with Gasteiger partial charge >= 0.3 is 5.97 Å². The highest BCUT2D eigenvalue weighted by Gasteiger charge is 2.23. The molecule has 0 amide bonds. The molecule has 0 unspecified atom stereocenters. The molecule has 0 aliphatic heterocycles. The van der Waals surface area contributed by atoms with E-state index < -0.39 is 36.3 Å². The highest BCUT2D eigenvalue weighted by atomic mass is 35.7. The number of ether oxygens (including phenoxy) is 1. The summed E-state index contributed by atoms with van der Waals surface area (Å²) < 4.78 is 39.6. The zero-order chi connectivity index (χ0) is 12.5. The highest BCUT2D eigenvalue weighted by Crippen LogP contribution is 2.27. The van der Waals surface area contributed by atoms with Crippen LogP contribution in [-0.2, 0) is 13.8 Å². The van der Waals surface area contributed by atoms with E-state index in [-0.39, 0.29) is 0 Å². The highest BCUT2D eigenvalue weighted by molar-refractivity contribution is 8.13. The number of carbonyl (C=O) groups excluding carboxylic acids is 1. The van der Waals surface area contributed by atoms with E-state index in [1.54, 1.807) is 0 Å². The lowest BCUT2D eigenvalue weighted by Crippen LogP contribution is -2.08. The molecule has 1 rings (SSSR count). The molecule has 0 aliphatic carbocycles. The second kappa shape index (κ2) is 4.57. The topological polar surface area (TPSA) is 60.4 Å². The van der Waals surface area contributed by atoms with Crippen LogP contribution < -0.4 is 0 Å². The van der Waals surface area contributed by atoms with Crippen LogP contribution in [0, 0.1) is 5.82 Å². The minimum atomic E-state index is -4.21. The Bertz CT molecular complexity index is 541. The van der Waals surface area contributed by atoms with Crippen molar-refractivity contribution in [3.05, 3.63) is 28.5 Å². The maximum atomic E-state index is 13.1. The van der Waals surface area contributed by atoms with E-state index in [9.17, 15) is 17.6 Å². The van der Waals surface area contributed by atoms with Crippen molar-refractivity contribution in [2.45, 2.75) is 4.90 Å². The average Bonchev–Trinajstić information content (AvgIpc) is 2.18. The van der Waals surface area contributed by atoms with Crippen LogP contribution in [0.3, 0.4) is 0 Å². The van der Waals surface area contributed by atoms with Gasteiger partial charge in [-0.05, 0) is 12.1 Å². The minimum Gasteiger partial charge on any atom is -0.465 e. The molecule has 0 N–H and O–H groups in total. The van der Waals surface area contributed by atoms with Crippen molar-refractivity contribution in [1.82, 2.24) is 0 Å². The van der Waals surface area contributed by atoms with Crippen molar-refractivity contribution in [2.75, 3.05) is 7.11 Å². The Morgan fingerprint density at radius 2 is 2.00 bits per heavy atom. The van der Waals surface area contributed by atoms with Crippen LogP contribution in [0.1, 0.15) is 10.4 Å². The second-order valence-corrected chi connectivity index (χ2v) is 5.63. The standard InChI is InChI=1S/C8H5Cl2FO4S/c1-15-8(12)4-2-6(11)5(9)3-7(4)16(10,13)14/h2-3H,1H3. The summed E-state index contributed by atoms with van der Waals surface area (Å²) >= 11 is 5.39. The Morgan fingerprint density at radius 3 is 2.44 bits per heavy atom. The van der Waals surface area contributed by atoms with Crippen LogP contribution in [0.2, 0.25) is 5.02 Å². The molecular weight excluding hydrogens is 282 g/mol. The van der Waals surface area contributed by atoms with Gasteiger partial charge in [-0.3, -0.25) is 0 Å². The Morgan fingerprint density at radius 1 is 1.44 bits per heavy atom. The van der Waals surface area contributed by atoms with Gasteiger partial charge in [0.25, 0.3) is 9.05 Å². The summed E-state index contributed by atoms with van der Waals surface area (Å²) in [5.74, 6) is -1.96. The van der Waals surface area contributed by atoms with Gasteiger partial charge in [-0.2, -0.15) is 0 Å². The van der Waals surface area contributed by atoms with E-state index in [0.29, 0.717) is 6.07 Å². The molecule has 0 aliphatic rings. The maximum Gasteiger partial charge on any atom is 0.339 e. The predicted molar refractivity (Wildman–Crippen MR) is 55.8 cm³/mol. The molecule has 1 aromatic carbocycles. The second-order valence-electron chi connectivity index (χ2n) is 2.69. The number of rotatable bonds is 2. The van der Waals surface area contributed by atoms with Crippen molar-refractivity contribution in [1.29, 1.82) is 0 Å². The maximum absolute atomic E-state index is 13.1. The molecule has 0 saturated carbocycles. The Hall–Kier alpha value is -0.850. The molecule has 8 heteroatoms. The third-order valence-corrected chi connectivity index (χ3v) is 3.34. The molecule has 88 valence electrons. The summed E-state index contributed by atoms with van der Waals surface area (Å²) in [6.45, 7) is 0. The summed E-state index contributed by atoms with van der Waals surface area (Å²) in [7, 11) is 1.89. The van der Waals surface area contributed by atoms with Crippen molar-refractivity contribution < 1.29 is 22.3 Å². The van der Waals surface area contributed by atoms with E-state index in [1.165, 1.54) is 0 Å². The van der Waals surface area contributed by atoms with Crippen molar-refractivity contribution in [2.24, 2.45) is 0 Å². The Kier molecular flexibility index (Phi) is 3.77. The molecule has 0 saturated heterocycles. The summed E-state index contributed by atoms with van der Waals surface area (Å²) in [6.07, 6.45) is 0. The van der Waals surface area contributed by atoms with Crippen LogP contribution in [-0.4, -0.2) is 21.5 Å². The fourth-order valence-corrected chi connectivity index (χ4v) is 2.27. The summed E-state index contributed by atoms with van der Waals surface area (Å²) in [5, 5.41) is -0.452. The molecule has 0 bridgehead atoms. The lowest BCUT2D eigenvalue weighted by atomic mass is 10.2. The third kappa shape index (κ3) is 2.63. The summed E-state index contributed by atoms with van der Waals surface area (Å²) in [5.41, 5.74) is -0.501. The first-order valence-electron chi connectivity index (χ1n) is 3.79. The van der Waals surface area contributed by atoms with E-state index in [0.717, 1.165) is 13.2 Å². The zero-order valence-electron chi connectivity index (χ0n) is 7.83. The van der Waals surface area contributed by atoms with Gasteiger partial charge in [0.05, 0.1) is 22.6 Å². The van der Waals surface area contributed by atoms with Crippen LogP contribution >= 0.6 is 22.3 Å². The van der Waals surface area contributed by atoms with E-state index in [4.69, 9.17) is 22.3 Å². The van der Waals surface area contributed by atoms with E-state index in [1.807, 2.05) is 0 Å². The van der Waals surface area contributed by atoms with Gasteiger partial charge < -0.3 is 4.74 Å². The third-order valence-electron chi connectivity index (χ3n) is 1.69. The first-order chi connectivity index (χ1) is 7.27. The Labute approximate surface area is 100 Å². The lowest BCUT2D eigenvalue weighted by Gasteiger charge is -2.06. The normalized spacial score (nSPS) is 11.2. The van der Waals surface area contributed by atoms with Crippen molar-refractivity contribution in [3.63, 3.8) is 0 Å². The SMILES string of the molecule is COC(=O)c1cc(F)c(Cl)cc1S(=O)(=O)Cl. The van der Waals surface area contributed by atoms with Gasteiger partial charge in [-0.25, -0.2) is 17.6 Å². The predicted octanol–water partition coefficient (Wildman–Crippen LogP) is 2.19. The van der Waals surface area contributed by atoms with E-state index in [2.05, 4.69) is 4.74 Å². The fourth-order valence-electron chi connectivity index (χ4n) is 1.000. The van der Waals surface area contributed by atoms with Gasteiger partial charge in [-0.1, -0.05) is 11.6 Å². The fraction of sp³-hybridized carbons (Fsp3) is 0.125. The van der Waals surface area contributed by atoms with Crippen LogP contribution in [0.5, 0.6) is 0 Å². The number of benzene rings is 1. The molecule has 0 heterocycles. The van der Waals surface area contributed by atoms with Gasteiger partial charge in [0.1, 0.15) is 5.82 Å². The van der Waals surface area contributed by atoms with Crippen molar-refractivity contribution in [3.8, 4) is 0 Å². The van der Waals surface area contributed by atoms with Gasteiger partial charge in [0.2, 0.25) is 0 Å². The number of methoxy groups -OCH3 is 1. The molecule has 0 radical (unpaired) electrons. The van der Waals surface area contributed by atoms with E-state index >= 15 is 0 Å². The number of hydrogen-bond acceptors (Lipinski definition) is 4. The first kappa shape index (κ1) is 13.2. The Balaban J connectivity index is 3.58. The molecule has 0 spiro atoms. The number of halogens is 3. The molecule has 0 aromatic heterocycles. The zero-order valence-corrected chi connectivity index (χ0v) is 10.2. The smallest absolute Gasteiger partial charge is 0.339 e. The van der Waals surface area contributed by atoms with Gasteiger partial charge in [-0.15, -0.1) is 0 Å². The van der Waals surface area contributed by atoms with Crippen molar-refractivity contribution >= 4 is 37.3 Å². The molecule has 16 heavy (non-hydrogen) atoms.